The highest BCUT2D eigenvalue weighted by Gasteiger charge is 2.18. The molecule has 1 fully saturated rings. The second-order valence-corrected chi connectivity index (χ2v) is 5.71. The molecule has 5 heteroatoms. The fourth-order valence-electron chi connectivity index (χ4n) is 2.77. The average molecular weight is 285 g/mol. The maximum absolute atomic E-state index is 11.1. The number of carboxylic acid groups (broad SMARTS) is 1. The van der Waals surface area contributed by atoms with Crippen LogP contribution in [0.1, 0.15) is 43.1 Å². The van der Waals surface area contributed by atoms with Crippen molar-refractivity contribution in [1.29, 1.82) is 0 Å². The second kappa shape index (κ2) is 6.44. The van der Waals surface area contributed by atoms with Gasteiger partial charge >= 0.3 is 5.97 Å². The summed E-state index contributed by atoms with van der Waals surface area (Å²) in [5.74, 6) is -0.918. The van der Waals surface area contributed by atoms with Gasteiger partial charge in [0.2, 0.25) is 0 Å². The number of halogens is 1. The van der Waals surface area contributed by atoms with Gasteiger partial charge in [-0.2, -0.15) is 0 Å². The van der Waals surface area contributed by atoms with Crippen molar-refractivity contribution in [3.8, 4) is 0 Å². The molecule has 1 aliphatic heterocycles. The fraction of sp³-hybridized carbons (Fsp3) is 0.643. The van der Waals surface area contributed by atoms with E-state index in [9.17, 15) is 4.79 Å². The normalized spacial score (nSPS) is 20.6. The van der Waals surface area contributed by atoms with Crippen molar-refractivity contribution in [1.82, 2.24) is 9.47 Å². The summed E-state index contributed by atoms with van der Waals surface area (Å²) >= 11 is 5.87. The molecule has 2 rings (SSSR count). The Hall–Kier alpha value is -1.00. The van der Waals surface area contributed by atoms with E-state index < -0.39 is 5.97 Å². The molecule has 19 heavy (non-hydrogen) atoms. The topological polar surface area (TPSA) is 45.5 Å². The predicted molar refractivity (Wildman–Crippen MR) is 75.9 cm³/mol. The molecule has 106 valence electrons. The first-order valence-corrected chi connectivity index (χ1v) is 7.28. The lowest BCUT2D eigenvalue weighted by Crippen LogP contribution is -2.38. The molecular formula is C14H21ClN2O2. The Morgan fingerprint density at radius 1 is 1.47 bits per heavy atom. The number of aromatic carboxylic acids is 1. The molecule has 0 bridgehead atoms. The summed E-state index contributed by atoms with van der Waals surface area (Å²) in [6.45, 7) is 5.17. The van der Waals surface area contributed by atoms with E-state index in [4.69, 9.17) is 16.7 Å². The molecule has 4 nitrogen and oxygen atoms in total. The first-order chi connectivity index (χ1) is 9.08. The van der Waals surface area contributed by atoms with Crippen LogP contribution in [-0.4, -0.2) is 39.7 Å². The number of nitrogens with zero attached hydrogens (tertiary/aromatic N) is 2. The molecule has 1 aromatic heterocycles. The molecule has 1 atom stereocenters. The highest BCUT2D eigenvalue weighted by Crippen LogP contribution is 2.18. The maximum Gasteiger partial charge on any atom is 0.352 e. The standard InChI is InChI=1S/C14H21ClN2O2/c1-11-5-2-3-6-16(11)7-4-8-17-10-12(15)9-13(17)14(18)19/h9-11H,2-8H2,1H3,(H,18,19). The summed E-state index contributed by atoms with van der Waals surface area (Å²) in [5, 5.41) is 9.57. The third-order valence-corrected chi connectivity index (χ3v) is 4.07. The van der Waals surface area contributed by atoms with Crippen LogP contribution in [0.25, 0.3) is 0 Å². The molecule has 0 spiro atoms. The molecular weight excluding hydrogens is 264 g/mol. The smallest absolute Gasteiger partial charge is 0.352 e. The minimum Gasteiger partial charge on any atom is -0.477 e. The van der Waals surface area contributed by atoms with Gasteiger partial charge in [-0.25, -0.2) is 4.79 Å². The van der Waals surface area contributed by atoms with E-state index in [1.54, 1.807) is 10.8 Å². The van der Waals surface area contributed by atoms with Crippen LogP contribution in [0.5, 0.6) is 0 Å². The van der Waals surface area contributed by atoms with Crippen molar-refractivity contribution < 1.29 is 9.90 Å². The van der Waals surface area contributed by atoms with E-state index in [1.807, 2.05) is 0 Å². The molecule has 2 heterocycles. The van der Waals surface area contributed by atoms with Gasteiger partial charge in [-0.05, 0) is 38.8 Å². The number of carbonyl (C=O) groups is 1. The Labute approximate surface area is 119 Å². The minimum atomic E-state index is -0.918. The number of piperidine rings is 1. The van der Waals surface area contributed by atoms with Crippen molar-refractivity contribution in [3.05, 3.63) is 23.0 Å². The largest absolute Gasteiger partial charge is 0.477 e. The number of carboxylic acids is 1. The van der Waals surface area contributed by atoms with Crippen LogP contribution in [0.3, 0.4) is 0 Å². The summed E-state index contributed by atoms with van der Waals surface area (Å²) in [7, 11) is 0. The van der Waals surface area contributed by atoms with Gasteiger partial charge in [-0.3, -0.25) is 0 Å². The Kier molecular flexibility index (Phi) is 4.88. The van der Waals surface area contributed by atoms with Gasteiger partial charge < -0.3 is 14.6 Å². The van der Waals surface area contributed by atoms with Gasteiger partial charge in [0.05, 0.1) is 5.02 Å². The van der Waals surface area contributed by atoms with E-state index >= 15 is 0 Å². The third kappa shape index (κ3) is 3.74. The van der Waals surface area contributed by atoms with Crippen LogP contribution in [-0.2, 0) is 6.54 Å². The lowest BCUT2D eigenvalue weighted by atomic mass is 10.0. The summed E-state index contributed by atoms with van der Waals surface area (Å²) in [6, 6.07) is 2.16. The van der Waals surface area contributed by atoms with Gasteiger partial charge in [-0.1, -0.05) is 18.0 Å². The maximum atomic E-state index is 11.1. The summed E-state index contributed by atoms with van der Waals surface area (Å²) in [4.78, 5) is 13.6. The zero-order valence-electron chi connectivity index (χ0n) is 11.3. The average Bonchev–Trinajstić information content (AvgIpc) is 2.73. The van der Waals surface area contributed by atoms with Crippen LogP contribution in [0.2, 0.25) is 5.02 Å². The first-order valence-electron chi connectivity index (χ1n) is 6.91. The van der Waals surface area contributed by atoms with Gasteiger partial charge in [0.15, 0.2) is 0 Å². The van der Waals surface area contributed by atoms with Crippen LogP contribution in [0.15, 0.2) is 12.3 Å². The molecule has 0 amide bonds. The van der Waals surface area contributed by atoms with Gasteiger partial charge in [0.25, 0.3) is 0 Å². The molecule has 1 saturated heterocycles. The summed E-state index contributed by atoms with van der Waals surface area (Å²) in [5.41, 5.74) is 0.275. The third-order valence-electron chi connectivity index (χ3n) is 3.87. The van der Waals surface area contributed by atoms with Crippen LogP contribution >= 0.6 is 11.6 Å². The Bertz CT molecular complexity index is 445. The predicted octanol–water partition coefficient (Wildman–Crippen LogP) is 3.10. The number of hydrogen-bond acceptors (Lipinski definition) is 2. The molecule has 1 aliphatic rings. The van der Waals surface area contributed by atoms with Crippen LogP contribution < -0.4 is 0 Å². The van der Waals surface area contributed by atoms with E-state index in [0.717, 1.165) is 13.0 Å². The SMILES string of the molecule is CC1CCCCN1CCCn1cc(Cl)cc1C(=O)O. The number of aromatic nitrogens is 1. The second-order valence-electron chi connectivity index (χ2n) is 5.28. The highest BCUT2D eigenvalue weighted by atomic mass is 35.5. The summed E-state index contributed by atoms with van der Waals surface area (Å²) < 4.78 is 1.74. The van der Waals surface area contributed by atoms with Gasteiger partial charge in [0.1, 0.15) is 5.69 Å². The lowest BCUT2D eigenvalue weighted by molar-refractivity contribution is 0.0684. The zero-order chi connectivity index (χ0) is 13.8. The monoisotopic (exact) mass is 284 g/mol. The van der Waals surface area contributed by atoms with Gasteiger partial charge in [0, 0.05) is 25.3 Å². The minimum absolute atomic E-state index is 0.275. The van der Waals surface area contributed by atoms with Crippen LogP contribution in [0, 0.1) is 0 Å². The molecule has 1 aromatic rings. The zero-order valence-corrected chi connectivity index (χ0v) is 12.1. The number of rotatable bonds is 5. The van der Waals surface area contributed by atoms with Crippen molar-refractivity contribution in [2.45, 2.75) is 45.2 Å². The quantitative estimate of drug-likeness (QED) is 0.904. The molecule has 1 N–H and O–H groups in total. The van der Waals surface area contributed by atoms with E-state index in [-0.39, 0.29) is 5.69 Å². The Morgan fingerprint density at radius 2 is 2.26 bits per heavy atom. The fourth-order valence-corrected chi connectivity index (χ4v) is 2.99. The number of likely N-dealkylation sites (tertiary alicyclic amines) is 1. The van der Waals surface area contributed by atoms with E-state index in [2.05, 4.69) is 11.8 Å². The highest BCUT2D eigenvalue weighted by molar-refractivity contribution is 6.30. The molecule has 0 aliphatic carbocycles. The number of aryl methyl sites for hydroxylation is 1. The number of hydrogen-bond donors (Lipinski definition) is 1. The first kappa shape index (κ1) is 14.4. The van der Waals surface area contributed by atoms with E-state index in [0.29, 0.717) is 17.6 Å². The van der Waals surface area contributed by atoms with Crippen molar-refractivity contribution in [2.75, 3.05) is 13.1 Å². The molecule has 0 saturated carbocycles. The Morgan fingerprint density at radius 3 is 2.95 bits per heavy atom. The van der Waals surface area contributed by atoms with E-state index in [1.165, 1.54) is 31.9 Å². The van der Waals surface area contributed by atoms with Crippen molar-refractivity contribution >= 4 is 17.6 Å². The molecule has 1 unspecified atom stereocenters. The van der Waals surface area contributed by atoms with Crippen molar-refractivity contribution in [3.63, 3.8) is 0 Å². The summed E-state index contributed by atoms with van der Waals surface area (Å²) in [6.07, 6.45) is 6.53. The molecule has 0 aromatic carbocycles. The lowest BCUT2D eigenvalue weighted by Gasteiger charge is -2.33. The van der Waals surface area contributed by atoms with Crippen molar-refractivity contribution in [2.24, 2.45) is 0 Å². The van der Waals surface area contributed by atoms with Gasteiger partial charge in [-0.15, -0.1) is 0 Å². The van der Waals surface area contributed by atoms with Crippen LogP contribution in [0.4, 0.5) is 0 Å². The molecule has 0 radical (unpaired) electrons. The Balaban J connectivity index is 1.87.